The lowest BCUT2D eigenvalue weighted by Crippen LogP contribution is -2.68. The van der Waals surface area contributed by atoms with E-state index in [9.17, 15) is 14.7 Å². The summed E-state index contributed by atoms with van der Waals surface area (Å²) < 4.78 is 29.2. The summed E-state index contributed by atoms with van der Waals surface area (Å²) in [6.45, 7) is 2.06. The standard InChI is InChI=1S/C23H30O8/c1-4-17(25)23-14(11-24)10-15(20(26)27-2)18(23)22(28-3)30-16-12-29-21(31-19(16)23)13-8-6-5-7-9-13/h5-9,11,14-19,21-22,25H,4,10,12H2,1-3H3/t14-,15-,16+,17?,18+,19+,21+,22-,23+/m0/s1. The van der Waals surface area contributed by atoms with E-state index in [1.807, 2.05) is 37.3 Å². The van der Waals surface area contributed by atoms with Crippen molar-refractivity contribution in [1.29, 1.82) is 0 Å². The molecule has 0 amide bonds. The number of aliphatic hydroxyl groups excluding tert-OH is 1. The number of carbonyl (C=O) groups excluding carboxylic acids is 2. The summed E-state index contributed by atoms with van der Waals surface area (Å²) in [5.74, 6) is -2.34. The van der Waals surface area contributed by atoms with Crippen LogP contribution in [0.3, 0.4) is 0 Å². The summed E-state index contributed by atoms with van der Waals surface area (Å²) in [6.07, 6.45) is -2.15. The number of esters is 1. The number of hydrogen-bond acceptors (Lipinski definition) is 8. The maximum Gasteiger partial charge on any atom is 0.309 e. The van der Waals surface area contributed by atoms with Crippen LogP contribution in [0.5, 0.6) is 0 Å². The first-order valence-corrected chi connectivity index (χ1v) is 10.7. The first-order chi connectivity index (χ1) is 15.0. The molecule has 3 fully saturated rings. The van der Waals surface area contributed by atoms with E-state index in [1.165, 1.54) is 14.2 Å². The van der Waals surface area contributed by atoms with Crippen molar-refractivity contribution < 1.29 is 38.4 Å². The molecular weight excluding hydrogens is 404 g/mol. The molecule has 1 aromatic rings. The zero-order valence-corrected chi connectivity index (χ0v) is 18.0. The maximum absolute atomic E-state index is 12.7. The molecule has 3 aliphatic rings. The highest BCUT2D eigenvalue weighted by molar-refractivity contribution is 5.75. The molecule has 0 spiro atoms. The van der Waals surface area contributed by atoms with Gasteiger partial charge in [-0.05, 0) is 12.8 Å². The Kier molecular flexibility index (Phi) is 6.46. The van der Waals surface area contributed by atoms with E-state index < -0.39 is 60.0 Å². The van der Waals surface area contributed by atoms with Gasteiger partial charge in [-0.25, -0.2) is 0 Å². The molecule has 0 aromatic heterocycles. The van der Waals surface area contributed by atoms with Gasteiger partial charge in [-0.2, -0.15) is 0 Å². The average molecular weight is 434 g/mol. The predicted molar refractivity (Wildman–Crippen MR) is 108 cm³/mol. The molecular formula is C23H30O8. The van der Waals surface area contributed by atoms with Crippen LogP contribution in [0.4, 0.5) is 0 Å². The second kappa shape index (κ2) is 8.96. The minimum atomic E-state index is -1.07. The number of carbonyl (C=O) groups is 2. The lowest BCUT2D eigenvalue weighted by molar-refractivity contribution is -0.376. The maximum atomic E-state index is 12.7. The summed E-state index contributed by atoms with van der Waals surface area (Å²) in [7, 11) is 2.81. The van der Waals surface area contributed by atoms with Crippen LogP contribution >= 0.6 is 0 Å². The zero-order chi connectivity index (χ0) is 22.2. The smallest absolute Gasteiger partial charge is 0.309 e. The molecule has 2 heterocycles. The van der Waals surface area contributed by atoms with E-state index in [1.54, 1.807) is 0 Å². The van der Waals surface area contributed by atoms with Crippen LogP contribution in [0.1, 0.15) is 31.6 Å². The highest BCUT2D eigenvalue weighted by Crippen LogP contribution is 2.62. The highest BCUT2D eigenvalue weighted by atomic mass is 16.7. The van der Waals surface area contributed by atoms with Crippen LogP contribution in [0.2, 0.25) is 0 Å². The minimum Gasteiger partial charge on any atom is -0.469 e. The van der Waals surface area contributed by atoms with Crippen molar-refractivity contribution in [2.75, 3.05) is 20.8 Å². The lowest BCUT2D eigenvalue weighted by Gasteiger charge is -2.57. The van der Waals surface area contributed by atoms with Gasteiger partial charge in [-0.3, -0.25) is 4.79 Å². The largest absolute Gasteiger partial charge is 0.469 e. The molecule has 1 aromatic carbocycles. The molecule has 1 unspecified atom stereocenters. The molecule has 0 bridgehead atoms. The average Bonchev–Trinajstić information content (AvgIpc) is 3.19. The Morgan fingerprint density at radius 3 is 2.65 bits per heavy atom. The SMILES string of the molecule is CCC(O)[C@]12[C@@H]([C@@H](OC)O[C@@H]3CO[C@@H](c4ccccc4)O[C@H]31)[C@@H](C(=O)OC)C[C@H]2C=O. The molecule has 170 valence electrons. The summed E-state index contributed by atoms with van der Waals surface area (Å²) in [5.41, 5.74) is -0.242. The van der Waals surface area contributed by atoms with Crippen LogP contribution < -0.4 is 0 Å². The monoisotopic (exact) mass is 434 g/mol. The van der Waals surface area contributed by atoms with E-state index in [2.05, 4.69) is 0 Å². The fourth-order valence-electron chi connectivity index (χ4n) is 5.95. The molecule has 0 radical (unpaired) electrons. The Balaban J connectivity index is 1.81. The third kappa shape index (κ3) is 3.41. The molecule has 31 heavy (non-hydrogen) atoms. The van der Waals surface area contributed by atoms with Crippen molar-refractivity contribution in [2.24, 2.45) is 23.2 Å². The quantitative estimate of drug-likeness (QED) is 0.535. The summed E-state index contributed by atoms with van der Waals surface area (Å²) >= 11 is 0. The van der Waals surface area contributed by atoms with Gasteiger partial charge in [0, 0.05) is 29.9 Å². The number of hydrogen-bond donors (Lipinski definition) is 1. The number of ether oxygens (including phenoxy) is 5. The number of fused-ring (bicyclic) bond motifs is 3. The normalized spacial score (nSPS) is 40.5. The summed E-state index contributed by atoms with van der Waals surface area (Å²) in [6, 6.07) is 9.49. The first kappa shape index (κ1) is 22.4. The number of aliphatic hydroxyl groups is 1. The molecule has 8 nitrogen and oxygen atoms in total. The van der Waals surface area contributed by atoms with Gasteiger partial charge >= 0.3 is 5.97 Å². The number of benzene rings is 1. The molecule has 2 aliphatic heterocycles. The topological polar surface area (TPSA) is 101 Å². The van der Waals surface area contributed by atoms with Crippen molar-refractivity contribution in [1.82, 2.24) is 0 Å². The Morgan fingerprint density at radius 2 is 2.03 bits per heavy atom. The number of methoxy groups -OCH3 is 2. The van der Waals surface area contributed by atoms with Gasteiger partial charge in [0.05, 0.1) is 31.8 Å². The zero-order valence-electron chi connectivity index (χ0n) is 18.0. The van der Waals surface area contributed by atoms with E-state index in [0.29, 0.717) is 6.42 Å². The Bertz CT molecular complexity index is 785. The molecule has 9 atom stereocenters. The fourth-order valence-corrected chi connectivity index (χ4v) is 5.95. The van der Waals surface area contributed by atoms with Gasteiger partial charge in [0.15, 0.2) is 12.6 Å². The van der Waals surface area contributed by atoms with E-state index in [0.717, 1.165) is 11.8 Å². The van der Waals surface area contributed by atoms with Gasteiger partial charge in [-0.15, -0.1) is 0 Å². The number of rotatable bonds is 6. The molecule has 8 heteroatoms. The minimum absolute atomic E-state index is 0.212. The van der Waals surface area contributed by atoms with Crippen molar-refractivity contribution in [2.45, 2.75) is 50.7 Å². The van der Waals surface area contributed by atoms with Gasteiger partial charge in [0.1, 0.15) is 12.4 Å². The van der Waals surface area contributed by atoms with Crippen LogP contribution in [0, 0.1) is 23.2 Å². The number of aldehydes is 1. The van der Waals surface area contributed by atoms with Gasteiger partial charge in [0.25, 0.3) is 0 Å². The third-order valence-corrected chi connectivity index (χ3v) is 7.21. The molecule has 4 rings (SSSR count). The molecule has 1 saturated carbocycles. The van der Waals surface area contributed by atoms with Gasteiger partial charge in [-0.1, -0.05) is 37.3 Å². The first-order valence-electron chi connectivity index (χ1n) is 10.7. The van der Waals surface area contributed by atoms with E-state index >= 15 is 0 Å². The third-order valence-electron chi connectivity index (χ3n) is 7.21. The Morgan fingerprint density at radius 1 is 1.29 bits per heavy atom. The lowest BCUT2D eigenvalue weighted by atomic mass is 9.60. The second-order valence-electron chi connectivity index (χ2n) is 8.47. The van der Waals surface area contributed by atoms with Crippen LogP contribution in [-0.2, 0) is 33.3 Å². The van der Waals surface area contributed by atoms with E-state index in [-0.39, 0.29) is 13.0 Å². The van der Waals surface area contributed by atoms with Crippen LogP contribution in [0.25, 0.3) is 0 Å². The molecule has 1 aliphatic carbocycles. The van der Waals surface area contributed by atoms with E-state index in [4.69, 9.17) is 23.7 Å². The summed E-state index contributed by atoms with van der Waals surface area (Å²) in [4.78, 5) is 25.0. The molecule has 1 N–H and O–H groups in total. The van der Waals surface area contributed by atoms with Crippen molar-refractivity contribution in [3.8, 4) is 0 Å². The Hall–Kier alpha value is -1.84. The van der Waals surface area contributed by atoms with Crippen LogP contribution in [0.15, 0.2) is 30.3 Å². The fraction of sp³-hybridized carbons (Fsp3) is 0.652. The second-order valence-corrected chi connectivity index (χ2v) is 8.47. The predicted octanol–water partition coefficient (Wildman–Crippen LogP) is 1.85. The van der Waals surface area contributed by atoms with Crippen LogP contribution in [-0.4, -0.2) is 62.8 Å². The Labute approximate surface area is 181 Å². The van der Waals surface area contributed by atoms with Crippen molar-refractivity contribution in [3.05, 3.63) is 35.9 Å². The van der Waals surface area contributed by atoms with Gasteiger partial charge in [0.2, 0.25) is 0 Å². The van der Waals surface area contributed by atoms with Crippen molar-refractivity contribution >= 4 is 12.3 Å². The van der Waals surface area contributed by atoms with Crippen molar-refractivity contribution in [3.63, 3.8) is 0 Å². The van der Waals surface area contributed by atoms with Gasteiger partial charge < -0.3 is 33.6 Å². The highest BCUT2D eigenvalue weighted by Gasteiger charge is 2.71. The molecule has 2 saturated heterocycles. The summed E-state index contributed by atoms with van der Waals surface area (Å²) in [5, 5.41) is 11.4.